The summed E-state index contributed by atoms with van der Waals surface area (Å²) in [5.74, 6) is -1.18. The minimum absolute atomic E-state index is 0.0413. The molecule has 0 saturated carbocycles. The van der Waals surface area contributed by atoms with Gasteiger partial charge in [-0.1, -0.05) is 0 Å². The second-order valence-corrected chi connectivity index (χ2v) is 7.37. The van der Waals surface area contributed by atoms with E-state index in [2.05, 4.69) is 0 Å². The molecule has 0 aliphatic carbocycles. The van der Waals surface area contributed by atoms with Crippen molar-refractivity contribution in [1.29, 1.82) is 0 Å². The molecule has 2 unspecified atom stereocenters. The molecule has 6 nitrogen and oxygen atoms in total. The lowest BCUT2D eigenvalue weighted by atomic mass is 10.2. The number of thioether (sulfide) groups is 1. The Morgan fingerprint density at radius 1 is 1.50 bits per heavy atom. The number of carboxylic acid groups (broad SMARTS) is 1. The number of sulfonamides is 1. The van der Waals surface area contributed by atoms with Gasteiger partial charge in [-0.3, -0.25) is 0 Å². The first kappa shape index (κ1) is 15.3. The molecule has 0 radical (unpaired) electrons. The Morgan fingerprint density at radius 2 is 2.20 bits per heavy atom. The maximum Gasteiger partial charge on any atom is 0.336 e. The van der Waals surface area contributed by atoms with E-state index in [4.69, 9.17) is 9.88 Å². The number of carboxylic acids is 1. The Kier molecular flexibility index (Phi) is 4.38. The number of aromatic carboxylic acids is 1. The SMILES string of the molecule is CC1OCCC1Sc1ccc(S(N)(=O)=O)cc1C(=O)O. The molecule has 0 bridgehead atoms. The van der Waals surface area contributed by atoms with Crippen molar-refractivity contribution in [3.8, 4) is 0 Å². The molecule has 1 aromatic rings. The van der Waals surface area contributed by atoms with Gasteiger partial charge in [0.25, 0.3) is 0 Å². The molecule has 0 aromatic heterocycles. The fraction of sp³-hybridized carbons (Fsp3) is 0.417. The Morgan fingerprint density at radius 3 is 2.70 bits per heavy atom. The van der Waals surface area contributed by atoms with E-state index in [1.807, 2.05) is 6.92 Å². The van der Waals surface area contributed by atoms with E-state index < -0.39 is 16.0 Å². The van der Waals surface area contributed by atoms with E-state index in [1.54, 1.807) is 0 Å². The topological polar surface area (TPSA) is 107 Å². The molecule has 1 aliphatic heterocycles. The van der Waals surface area contributed by atoms with Crippen molar-refractivity contribution < 1.29 is 23.1 Å². The van der Waals surface area contributed by atoms with Crippen LogP contribution in [0.3, 0.4) is 0 Å². The number of rotatable bonds is 4. The van der Waals surface area contributed by atoms with Gasteiger partial charge in [-0.15, -0.1) is 11.8 Å². The van der Waals surface area contributed by atoms with Crippen molar-refractivity contribution in [2.45, 2.75) is 34.5 Å². The molecule has 8 heteroatoms. The molecule has 1 heterocycles. The van der Waals surface area contributed by atoms with Gasteiger partial charge in [0.05, 0.1) is 16.6 Å². The fourth-order valence-corrected chi connectivity index (χ4v) is 3.76. The predicted molar refractivity (Wildman–Crippen MR) is 74.5 cm³/mol. The minimum Gasteiger partial charge on any atom is -0.478 e. The predicted octanol–water partition coefficient (Wildman–Crippen LogP) is 1.30. The number of carbonyl (C=O) groups is 1. The van der Waals surface area contributed by atoms with Crippen LogP contribution < -0.4 is 5.14 Å². The van der Waals surface area contributed by atoms with Crippen molar-refractivity contribution >= 4 is 27.8 Å². The number of hydrogen-bond acceptors (Lipinski definition) is 5. The van der Waals surface area contributed by atoms with Gasteiger partial charge >= 0.3 is 5.97 Å². The average molecular weight is 317 g/mol. The zero-order valence-electron chi connectivity index (χ0n) is 10.8. The first-order valence-electron chi connectivity index (χ1n) is 5.97. The van der Waals surface area contributed by atoms with E-state index in [9.17, 15) is 18.3 Å². The van der Waals surface area contributed by atoms with Gasteiger partial charge in [0, 0.05) is 16.8 Å². The summed E-state index contributed by atoms with van der Waals surface area (Å²) in [6, 6.07) is 3.91. The lowest BCUT2D eigenvalue weighted by Crippen LogP contribution is -2.15. The first-order chi connectivity index (χ1) is 9.29. The molecule has 20 heavy (non-hydrogen) atoms. The summed E-state index contributed by atoms with van der Waals surface area (Å²) in [5, 5.41) is 14.4. The molecule has 2 rings (SSSR count). The third-order valence-electron chi connectivity index (χ3n) is 3.09. The van der Waals surface area contributed by atoms with Gasteiger partial charge in [-0.2, -0.15) is 0 Å². The summed E-state index contributed by atoms with van der Waals surface area (Å²) in [4.78, 5) is 11.6. The van der Waals surface area contributed by atoms with Crippen LogP contribution in [0.25, 0.3) is 0 Å². The van der Waals surface area contributed by atoms with Crippen LogP contribution in [0.15, 0.2) is 28.0 Å². The molecule has 1 saturated heterocycles. The number of nitrogens with two attached hydrogens (primary N) is 1. The van der Waals surface area contributed by atoms with E-state index >= 15 is 0 Å². The number of hydrogen-bond donors (Lipinski definition) is 2. The largest absolute Gasteiger partial charge is 0.478 e. The van der Waals surface area contributed by atoms with Crippen molar-refractivity contribution in [3.63, 3.8) is 0 Å². The van der Waals surface area contributed by atoms with E-state index in [-0.39, 0.29) is 21.8 Å². The Labute approximate surface area is 121 Å². The average Bonchev–Trinajstić information content (AvgIpc) is 2.74. The van der Waals surface area contributed by atoms with Gasteiger partial charge in [0.1, 0.15) is 0 Å². The summed E-state index contributed by atoms with van der Waals surface area (Å²) >= 11 is 1.39. The molecule has 0 spiro atoms. The highest BCUT2D eigenvalue weighted by Crippen LogP contribution is 2.35. The third-order valence-corrected chi connectivity index (χ3v) is 5.54. The third kappa shape index (κ3) is 3.32. The second-order valence-electron chi connectivity index (χ2n) is 4.53. The summed E-state index contributed by atoms with van der Waals surface area (Å²) in [6.07, 6.45) is 0.876. The van der Waals surface area contributed by atoms with Gasteiger partial charge in [-0.05, 0) is 31.5 Å². The van der Waals surface area contributed by atoms with E-state index in [1.165, 1.54) is 23.9 Å². The zero-order chi connectivity index (χ0) is 14.9. The van der Waals surface area contributed by atoms with E-state index in [0.717, 1.165) is 12.5 Å². The van der Waals surface area contributed by atoms with Crippen LogP contribution in [0.1, 0.15) is 23.7 Å². The Hall–Kier alpha value is -1.09. The van der Waals surface area contributed by atoms with Gasteiger partial charge < -0.3 is 9.84 Å². The van der Waals surface area contributed by atoms with Crippen LogP contribution in [-0.2, 0) is 14.8 Å². The highest BCUT2D eigenvalue weighted by atomic mass is 32.2. The van der Waals surface area contributed by atoms with E-state index in [0.29, 0.717) is 11.5 Å². The fourth-order valence-electron chi connectivity index (χ4n) is 1.99. The molecular formula is C12H15NO5S2. The number of ether oxygens (including phenoxy) is 1. The van der Waals surface area contributed by atoms with Crippen molar-refractivity contribution in [3.05, 3.63) is 23.8 Å². The van der Waals surface area contributed by atoms with Gasteiger partial charge in [0.15, 0.2) is 0 Å². The highest BCUT2D eigenvalue weighted by Gasteiger charge is 2.27. The Bertz CT molecular complexity index is 629. The summed E-state index contributed by atoms with van der Waals surface area (Å²) in [5.41, 5.74) is -0.0550. The standard InChI is InChI=1S/C12H15NO5S2/c1-7-10(4-5-18-7)19-11-3-2-8(20(13,16)17)6-9(11)12(14)15/h2-3,6-7,10H,4-5H2,1H3,(H,14,15)(H2,13,16,17). The van der Waals surface area contributed by atoms with Crippen LogP contribution in [-0.4, -0.2) is 37.5 Å². The molecule has 0 amide bonds. The Balaban J connectivity index is 2.35. The molecule has 1 aromatic carbocycles. The quantitative estimate of drug-likeness (QED) is 0.867. The number of primary sulfonamides is 1. The summed E-state index contributed by atoms with van der Waals surface area (Å²) < 4.78 is 28.0. The summed E-state index contributed by atoms with van der Waals surface area (Å²) in [7, 11) is -3.91. The maximum atomic E-state index is 11.3. The first-order valence-corrected chi connectivity index (χ1v) is 8.40. The molecule has 2 atom stereocenters. The van der Waals surface area contributed by atoms with Crippen LogP contribution in [0.4, 0.5) is 0 Å². The lowest BCUT2D eigenvalue weighted by molar-refractivity contribution is 0.0692. The van der Waals surface area contributed by atoms with Crippen molar-refractivity contribution in [2.24, 2.45) is 5.14 Å². The van der Waals surface area contributed by atoms with Crippen LogP contribution >= 0.6 is 11.8 Å². The monoisotopic (exact) mass is 317 g/mol. The lowest BCUT2D eigenvalue weighted by Gasteiger charge is -2.15. The van der Waals surface area contributed by atoms with Crippen LogP contribution in [0.5, 0.6) is 0 Å². The zero-order valence-corrected chi connectivity index (χ0v) is 12.4. The highest BCUT2D eigenvalue weighted by molar-refractivity contribution is 8.00. The molecule has 110 valence electrons. The van der Waals surface area contributed by atoms with Gasteiger partial charge in [0.2, 0.25) is 10.0 Å². The van der Waals surface area contributed by atoms with Crippen molar-refractivity contribution in [2.75, 3.05) is 6.61 Å². The maximum absolute atomic E-state index is 11.3. The van der Waals surface area contributed by atoms with Crippen LogP contribution in [0, 0.1) is 0 Å². The van der Waals surface area contributed by atoms with Gasteiger partial charge in [-0.25, -0.2) is 18.4 Å². The molecule has 3 N–H and O–H groups in total. The van der Waals surface area contributed by atoms with Crippen molar-refractivity contribution in [1.82, 2.24) is 0 Å². The smallest absolute Gasteiger partial charge is 0.336 e. The summed E-state index contributed by atoms with van der Waals surface area (Å²) in [6.45, 7) is 2.58. The minimum atomic E-state index is -3.91. The molecular weight excluding hydrogens is 302 g/mol. The van der Waals surface area contributed by atoms with Crippen LogP contribution in [0.2, 0.25) is 0 Å². The molecule has 1 fully saturated rings. The normalized spacial score (nSPS) is 22.9. The number of benzene rings is 1. The molecule has 1 aliphatic rings. The second kappa shape index (κ2) is 5.72.